The first-order chi connectivity index (χ1) is 37.2. The summed E-state index contributed by atoms with van der Waals surface area (Å²) in [5.74, 6) is 0.236. The molecular weight excluding hydrogens is 976 g/mol. The Labute approximate surface area is 449 Å². The second-order valence-corrected chi connectivity index (χ2v) is 23.7. The minimum Gasteiger partial charge on any atom is -0.490 e. The zero-order valence-corrected chi connectivity index (χ0v) is 44.6. The summed E-state index contributed by atoms with van der Waals surface area (Å²) >= 11 is 0. The number of carbonyl (C=O) groups is 5. The quantitative estimate of drug-likeness (QED) is 0.121. The van der Waals surface area contributed by atoms with Crippen LogP contribution in [-0.4, -0.2) is 121 Å². The second-order valence-electron chi connectivity index (χ2n) is 23.7. The number of imide groups is 1. The summed E-state index contributed by atoms with van der Waals surface area (Å²) < 4.78 is 23.4. The lowest BCUT2D eigenvalue weighted by Gasteiger charge is -2.48. The Hall–Kier alpha value is -6.75. The fourth-order valence-electron chi connectivity index (χ4n) is 13.8. The molecule has 1 unspecified atom stereocenters. The predicted molar refractivity (Wildman–Crippen MR) is 290 cm³/mol. The number of nitrogens with zero attached hydrogens (tertiary/aromatic N) is 8. The molecule has 0 radical (unpaired) electrons. The molecule has 4 saturated heterocycles. The van der Waals surface area contributed by atoms with E-state index in [1.165, 1.54) is 25.5 Å². The highest BCUT2D eigenvalue weighted by Gasteiger charge is 2.56. The molecule has 5 aromatic rings. The van der Waals surface area contributed by atoms with Crippen molar-refractivity contribution in [2.75, 3.05) is 49.5 Å². The van der Waals surface area contributed by atoms with E-state index in [9.17, 15) is 19.2 Å². The van der Waals surface area contributed by atoms with E-state index >= 15 is 9.18 Å². The van der Waals surface area contributed by atoms with Crippen LogP contribution < -0.4 is 20.3 Å². The molecule has 2 aliphatic carbocycles. The number of ether oxygens (including phenoxy) is 1. The number of rotatable bonds is 11. The lowest BCUT2D eigenvalue weighted by Crippen LogP contribution is -2.59. The van der Waals surface area contributed by atoms with Gasteiger partial charge in [0, 0.05) is 79.5 Å². The molecule has 0 bridgehead atoms. The average Bonchev–Trinajstić information content (AvgIpc) is 4.22. The number of likely N-dealkylation sites (tertiary alicyclic amines) is 3. The highest BCUT2D eigenvalue weighted by Crippen LogP contribution is 2.53. The Morgan fingerprint density at radius 1 is 0.831 bits per heavy atom. The molecule has 2 saturated carbocycles. The number of amides is 5. The van der Waals surface area contributed by atoms with E-state index < -0.39 is 16.6 Å². The van der Waals surface area contributed by atoms with Gasteiger partial charge < -0.3 is 34.2 Å². The van der Waals surface area contributed by atoms with Crippen LogP contribution in [0.15, 0.2) is 73.3 Å². The van der Waals surface area contributed by atoms with Gasteiger partial charge in [0.05, 0.1) is 46.9 Å². The van der Waals surface area contributed by atoms with Gasteiger partial charge in [0.15, 0.2) is 11.6 Å². The zero-order chi connectivity index (χ0) is 53.2. The first-order valence-corrected chi connectivity index (χ1v) is 28.4. The van der Waals surface area contributed by atoms with Crippen LogP contribution in [0.2, 0.25) is 0 Å². The van der Waals surface area contributed by atoms with Gasteiger partial charge in [0.2, 0.25) is 29.5 Å². The van der Waals surface area contributed by atoms with Crippen molar-refractivity contribution in [3.05, 3.63) is 90.3 Å². The molecule has 2 N–H and O–H groups in total. The van der Waals surface area contributed by atoms with Crippen molar-refractivity contribution in [3.63, 3.8) is 0 Å². The number of pyridine rings is 2. The Morgan fingerprint density at radius 3 is 2.26 bits per heavy atom. The average molecular weight is 1050 g/mol. The zero-order valence-electron chi connectivity index (χ0n) is 44.6. The summed E-state index contributed by atoms with van der Waals surface area (Å²) in [6, 6.07) is 18.0. The number of fused-ring (bicyclic) bond motifs is 3. The maximum atomic E-state index is 15.4. The molecule has 1 spiro atoms. The fraction of sp³-hybridized carbons (Fsp3) is 0.533. The van der Waals surface area contributed by atoms with Gasteiger partial charge in [-0.3, -0.25) is 34.3 Å². The van der Waals surface area contributed by atoms with Gasteiger partial charge in [-0.2, -0.15) is 0 Å². The van der Waals surface area contributed by atoms with Crippen molar-refractivity contribution < 1.29 is 33.1 Å². The molecule has 3 aromatic heterocycles. The number of anilines is 3. The fourth-order valence-corrected chi connectivity index (χ4v) is 13.8. The van der Waals surface area contributed by atoms with Crippen LogP contribution >= 0.6 is 0 Å². The number of carbonyl (C=O) groups excluding carboxylic acids is 5. The molecule has 77 heavy (non-hydrogen) atoms. The van der Waals surface area contributed by atoms with Crippen LogP contribution in [0.1, 0.15) is 140 Å². The number of piperidine rings is 4. The van der Waals surface area contributed by atoms with Gasteiger partial charge in [0.1, 0.15) is 11.3 Å². The minimum absolute atomic E-state index is 0.00131. The highest BCUT2D eigenvalue weighted by molar-refractivity contribution is 6.10. The molecule has 12 rings (SSSR count). The molecule has 8 heterocycles. The number of aromatic nitrogens is 4. The third-order valence-electron chi connectivity index (χ3n) is 18.6. The van der Waals surface area contributed by atoms with Crippen molar-refractivity contribution in [2.24, 2.45) is 11.3 Å². The standard InChI is InChI=1S/C60H71FN10O6/c1-37(2)70-36-63-50-34-49(65-54(53(50)70)64-48-19-24-62-35-47(48)61)40-11-17-46-51(31-40)71(42-32-41(33-42)67-25-5-4-6-26-67)58(76)60(46)22-29-69(30-23-60)57(75)59(3)20-27-68(28-21-59)56(74)39-9-14-44(15-10-39)77-43-12-7-38(8-13-43)45-16-18-52(72)66-55(45)73/h7-8,11-13,17,19,24,31,34-37,39,41-42,44-45H,4-6,9-10,14-16,18,20-23,25-30,32-33H2,1-3H3,(H,62,64,65)(H,66,72,73)/t39-,41-,42+,44-,45?. The van der Waals surface area contributed by atoms with Crippen LogP contribution in [0.4, 0.5) is 21.6 Å². The molecule has 2 aromatic carbocycles. The minimum atomic E-state index is -0.761. The SMILES string of the molecule is CC(C)n1cnc2cc(-c3ccc4c(c3)N([C@H]3C[C@@H](N5CCCCC5)C3)C(=O)C43CCN(C(=O)C4(C)CCN(C(=O)[C@H]5CC[C@H](Oc6ccc(C7CCC(=O)NC7=O)cc6)CC5)CC4)CC3)nc(Nc3ccncc3F)c21. The van der Waals surface area contributed by atoms with E-state index in [1.54, 1.807) is 18.6 Å². The number of hydrogen-bond acceptors (Lipinski definition) is 11. The van der Waals surface area contributed by atoms with Gasteiger partial charge in [-0.1, -0.05) is 37.6 Å². The Kier molecular flexibility index (Phi) is 13.6. The molecule has 16 nitrogen and oxygen atoms in total. The van der Waals surface area contributed by atoms with Gasteiger partial charge >= 0.3 is 0 Å². The Balaban J connectivity index is 0.709. The molecule has 5 aliphatic heterocycles. The monoisotopic (exact) mass is 1050 g/mol. The Morgan fingerprint density at radius 2 is 1.56 bits per heavy atom. The predicted octanol–water partition coefficient (Wildman–Crippen LogP) is 8.97. The normalized spacial score (nSPS) is 25.4. The van der Waals surface area contributed by atoms with Gasteiger partial charge in [-0.15, -0.1) is 0 Å². The molecule has 404 valence electrons. The summed E-state index contributed by atoms with van der Waals surface area (Å²) in [7, 11) is 0. The van der Waals surface area contributed by atoms with E-state index in [2.05, 4.69) is 64.4 Å². The van der Waals surface area contributed by atoms with Gasteiger partial charge in [0.25, 0.3) is 0 Å². The number of imidazole rings is 1. The second kappa shape index (κ2) is 20.6. The first-order valence-electron chi connectivity index (χ1n) is 28.4. The maximum absolute atomic E-state index is 15.4. The Bertz CT molecular complexity index is 3090. The van der Waals surface area contributed by atoms with Crippen molar-refractivity contribution in [1.29, 1.82) is 0 Å². The molecule has 1 atom stereocenters. The summed E-state index contributed by atoms with van der Waals surface area (Å²) in [6.45, 7) is 10.5. The third-order valence-corrected chi connectivity index (χ3v) is 18.6. The number of benzene rings is 2. The number of hydrogen-bond donors (Lipinski definition) is 2. The van der Waals surface area contributed by atoms with Crippen molar-refractivity contribution in [3.8, 4) is 17.0 Å². The van der Waals surface area contributed by atoms with E-state index in [-0.39, 0.29) is 65.2 Å². The largest absolute Gasteiger partial charge is 0.490 e. The molecule has 7 aliphatic rings. The third kappa shape index (κ3) is 9.53. The topological polar surface area (TPSA) is 175 Å². The van der Waals surface area contributed by atoms with Crippen LogP contribution in [-0.2, 0) is 29.4 Å². The van der Waals surface area contributed by atoms with Crippen LogP contribution in [0.5, 0.6) is 5.75 Å². The summed E-state index contributed by atoms with van der Waals surface area (Å²) in [5.41, 5.74) is 4.67. The number of nitrogens with one attached hydrogen (secondary N) is 2. The van der Waals surface area contributed by atoms with E-state index in [4.69, 9.17) is 14.7 Å². The smallest absolute Gasteiger partial charge is 0.238 e. The van der Waals surface area contributed by atoms with Gasteiger partial charge in [-0.25, -0.2) is 14.4 Å². The molecule has 17 heteroatoms. The number of halogens is 1. The van der Waals surface area contributed by atoms with Crippen LogP contribution in [0.25, 0.3) is 22.3 Å². The van der Waals surface area contributed by atoms with Crippen LogP contribution in [0, 0.1) is 17.2 Å². The molecule has 6 fully saturated rings. The van der Waals surface area contributed by atoms with E-state index in [0.29, 0.717) is 82.3 Å². The van der Waals surface area contributed by atoms with Gasteiger partial charge in [-0.05, 0) is 152 Å². The summed E-state index contributed by atoms with van der Waals surface area (Å²) in [5, 5.41) is 5.68. The molecular formula is C60H71FN10O6. The lowest BCUT2D eigenvalue weighted by molar-refractivity contribution is -0.150. The lowest BCUT2D eigenvalue weighted by atomic mass is 9.72. The first kappa shape index (κ1) is 51.0. The van der Waals surface area contributed by atoms with Crippen LogP contribution in [0.3, 0.4) is 0 Å². The summed E-state index contributed by atoms with van der Waals surface area (Å²) in [4.78, 5) is 90.5. The summed E-state index contributed by atoms with van der Waals surface area (Å²) in [6.07, 6.45) is 16.2. The molecule has 5 amide bonds. The van der Waals surface area contributed by atoms with Crippen molar-refractivity contribution in [2.45, 2.75) is 153 Å². The van der Waals surface area contributed by atoms with E-state index in [0.717, 1.165) is 90.8 Å². The maximum Gasteiger partial charge on any atom is 0.238 e. The van der Waals surface area contributed by atoms with Crippen molar-refractivity contribution in [1.82, 2.24) is 39.5 Å². The highest BCUT2D eigenvalue weighted by atomic mass is 19.1. The van der Waals surface area contributed by atoms with E-state index in [1.807, 2.05) is 44.7 Å². The van der Waals surface area contributed by atoms with Crippen molar-refractivity contribution >= 4 is 57.8 Å².